The predicted octanol–water partition coefficient (Wildman–Crippen LogP) is 0.463. The molecule has 0 radical (unpaired) electrons. The van der Waals surface area contributed by atoms with E-state index in [1.54, 1.807) is 19.2 Å². The lowest BCUT2D eigenvalue weighted by Gasteiger charge is -2.15. The number of primary amides is 1. The lowest BCUT2D eigenvalue weighted by atomic mass is 10.1. The second-order valence-electron chi connectivity index (χ2n) is 3.84. The summed E-state index contributed by atoms with van der Waals surface area (Å²) in [5.41, 5.74) is 5.46. The number of carbonyl (C=O) groups excluding carboxylic acids is 1. The number of halogens is 2. The molecule has 2 atom stereocenters. The van der Waals surface area contributed by atoms with Gasteiger partial charge in [-0.1, -0.05) is 0 Å². The van der Waals surface area contributed by atoms with E-state index in [2.05, 4.69) is 0 Å². The summed E-state index contributed by atoms with van der Waals surface area (Å²) >= 11 is 0. The number of benzene rings is 1. The van der Waals surface area contributed by atoms with Crippen molar-refractivity contribution in [3.8, 4) is 0 Å². The molecular weight excluding hydrogens is 214 g/mol. The minimum absolute atomic E-state index is 0.289. The van der Waals surface area contributed by atoms with Crippen molar-refractivity contribution < 1.29 is 18.9 Å². The van der Waals surface area contributed by atoms with Gasteiger partial charge >= 0.3 is 0 Å². The second kappa shape index (κ2) is 5.03. The van der Waals surface area contributed by atoms with E-state index in [4.69, 9.17) is 5.73 Å². The topological polar surface area (TPSA) is 59.7 Å². The van der Waals surface area contributed by atoms with E-state index in [1.165, 1.54) is 12.1 Å². The molecule has 0 aliphatic carbocycles. The van der Waals surface area contributed by atoms with Crippen molar-refractivity contribution in [2.24, 2.45) is 5.73 Å². The normalized spacial score (nSPS) is 14.5. The fraction of sp³-hybridized carbons (Fsp3) is 0.364. The van der Waals surface area contributed by atoms with Crippen LogP contribution in [0.5, 0.6) is 0 Å². The van der Waals surface area contributed by atoms with Crippen molar-refractivity contribution in [1.29, 1.82) is 0 Å². The van der Waals surface area contributed by atoms with Crippen molar-refractivity contribution in [2.45, 2.75) is 25.9 Å². The van der Waals surface area contributed by atoms with Gasteiger partial charge in [0.1, 0.15) is 17.7 Å². The summed E-state index contributed by atoms with van der Waals surface area (Å²) in [7, 11) is 0. The molecule has 0 heterocycles. The Morgan fingerprint density at radius 1 is 1.38 bits per heavy atom. The van der Waals surface area contributed by atoms with Gasteiger partial charge in [-0.2, -0.15) is 0 Å². The summed E-state index contributed by atoms with van der Waals surface area (Å²) in [4.78, 5) is 10.8. The number of rotatable bonds is 4. The van der Waals surface area contributed by atoms with Gasteiger partial charge in [0.2, 0.25) is 0 Å². The molecule has 0 saturated heterocycles. The van der Waals surface area contributed by atoms with Gasteiger partial charge in [-0.05, 0) is 26.0 Å². The SMILES string of the molecule is C[C@H]([NH2+][C@H](C)C(N)=O)c1ccc(F)cc1F. The summed E-state index contributed by atoms with van der Waals surface area (Å²) in [6.45, 7) is 3.37. The molecule has 0 aromatic heterocycles. The van der Waals surface area contributed by atoms with Crippen LogP contribution in [0.1, 0.15) is 25.5 Å². The molecule has 4 N–H and O–H groups in total. The number of hydrogen-bond donors (Lipinski definition) is 2. The van der Waals surface area contributed by atoms with Gasteiger partial charge in [0.05, 0.1) is 0 Å². The molecule has 1 rings (SSSR count). The Morgan fingerprint density at radius 3 is 2.50 bits per heavy atom. The van der Waals surface area contributed by atoms with Crippen molar-refractivity contribution in [1.82, 2.24) is 0 Å². The van der Waals surface area contributed by atoms with Crippen LogP contribution >= 0.6 is 0 Å². The van der Waals surface area contributed by atoms with Crippen LogP contribution in [0.25, 0.3) is 0 Å². The molecular formula is C11H15F2N2O+. The van der Waals surface area contributed by atoms with Crippen LogP contribution in [0.3, 0.4) is 0 Å². The van der Waals surface area contributed by atoms with Crippen LogP contribution < -0.4 is 11.1 Å². The van der Waals surface area contributed by atoms with Crippen LogP contribution in [-0.4, -0.2) is 11.9 Å². The number of hydrogen-bond acceptors (Lipinski definition) is 1. The number of carbonyl (C=O) groups is 1. The monoisotopic (exact) mass is 229 g/mol. The zero-order chi connectivity index (χ0) is 12.3. The average molecular weight is 229 g/mol. The third-order valence-corrected chi connectivity index (χ3v) is 2.48. The van der Waals surface area contributed by atoms with E-state index in [1.807, 2.05) is 0 Å². The molecule has 16 heavy (non-hydrogen) atoms. The van der Waals surface area contributed by atoms with Crippen LogP contribution in [0.15, 0.2) is 18.2 Å². The van der Waals surface area contributed by atoms with E-state index < -0.39 is 23.6 Å². The van der Waals surface area contributed by atoms with Gasteiger partial charge in [0, 0.05) is 11.6 Å². The zero-order valence-electron chi connectivity index (χ0n) is 9.21. The number of nitrogens with two attached hydrogens (primary N) is 2. The fourth-order valence-corrected chi connectivity index (χ4v) is 1.50. The van der Waals surface area contributed by atoms with E-state index in [9.17, 15) is 13.6 Å². The van der Waals surface area contributed by atoms with Gasteiger partial charge in [0.15, 0.2) is 6.04 Å². The first-order valence-electron chi connectivity index (χ1n) is 5.01. The smallest absolute Gasteiger partial charge is 0.275 e. The molecule has 0 fully saturated rings. The Bertz CT molecular complexity index is 396. The van der Waals surface area contributed by atoms with Crippen molar-refractivity contribution >= 4 is 5.91 Å². The van der Waals surface area contributed by atoms with Gasteiger partial charge in [-0.25, -0.2) is 8.78 Å². The van der Waals surface area contributed by atoms with Crippen molar-refractivity contribution in [2.75, 3.05) is 0 Å². The van der Waals surface area contributed by atoms with E-state index in [0.717, 1.165) is 6.07 Å². The fourth-order valence-electron chi connectivity index (χ4n) is 1.50. The maximum Gasteiger partial charge on any atom is 0.275 e. The third-order valence-electron chi connectivity index (χ3n) is 2.48. The van der Waals surface area contributed by atoms with Gasteiger partial charge in [-0.15, -0.1) is 0 Å². The summed E-state index contributed by atoms with van der Waals surface area (Å²) in [5.74, 6) is -1.69. The van der Waals surface area contributed by atoms with E-state index >= 15 is 0 Å². The highest BCUT2D eigenvalue weighted by atomic mass is 19.1. The highest BCUT2D eigenvalue weighted by molar-refractivity contribution is 5.77. The van der Waals surface area contributed by atoms with Crippen molar-refractivity contribution in [3.63, 3.8) is 0 Å². The van der Waals surface area contributed by atoms with Crippen LogP contribution in [-0.2, 0) is 4.79 Å². The molecule has 88 valence electrons. The second-order valence-corrected chi connectivity index (χ2v) is 3.84. The van der Waals surface area contributed by atoms with E-state index in [0.29, 0.717) is 5.56 Å². The molecule has 0 spiro atoms. The molecule has 0 aliphatic rings. The van der Waals surface area contributed by atoms with Crippen LogP contribution in [0.2, 0.25) is 0 Å². The Hall–Kier alpha value is -1.49. The maximum atomic E-state index is 13.4. The number of amides is 1. The first kappa shape index (κ1) is 12.6. The molecule has 0 aliphatic heterocycles. The Balaban J connectivity index is 2.80. The summed E-state index contributed by atoms with van der Waals surface area (Å²) in [5, 5.41) is 1.64. The standard InChI is InChI=1S/C11H14F2N2O/c1-6(15-7(2)11(14)16)9-4-3-8(12)5-10(9)13/h3-7,15H,1-2H3,(H2,14,16)/p+1/t6-,7+/m0/s1. The molecule has 1 aromatic carbocycles. The molecule has 0 unspecified atom stereocenters. The van der Waals surface area contributed by atoms with Crippen LogP contribution in [0, 0.1) is 11.6 Å². The summed E-state index contributed by atoms with van der Waals surface area (Å²) in [6, 6.07) is 2.66. The molecule has 3 nitrogen and oxygen atoms in total. The highest BCUT2D eigenvalue weighted by Gasteiger charge is 2.20. The minimum atomic E-state index is -0.614. The Morgan fingerprint density at radius 2 is 2.00 bits per heavy atom. The third kappa shape index (κ3) is 3.00. The first-order chi connectivity index (χ1) is 7.41. The predicted molar refractivity (Wildman–Crippen MR) is 55.4 cm³/mol. The molecule has 1 aromatic rings. The van der Waals surface area contributed by atoms with Gasteiger partial charge in [0.25, 0.3) is 5.91 Å². The number of quaternary nitrogens is 1. The lowest BCUT2D eigenvalue weighted by molar-refractivity contribution is -0.710. The molecule has 1 amide bonds. The van der Waals surface area contributed by atoms with Gasteiger partial charge < -0.3 is 11.1 Å². The quantitative estimate of drug-likeness (QED) is 0.774. The largest absolute Gasteiger partial charge is 0.365 e. The lowest BCUT2D eigenvalue weighted by Crippen LogP contribution is -2.92. The maximum absolute atomic E-state index is 13.4. The molecule has 0 bridgehead atoms. The average Bonchev–Trinajstić information content (AvgIpc) is 2.16. The summed E-state index contributed by atoms with van der Waals surface area (Å²) < 4.78 is 26.1. The molecule has 5 heteroatoms. The Kier molecular flexibility index (Phi) is 3.95. The van der Waals surface area contributed by atoms with Crippen molar-refractivity contribution in [3.05, 3.63) is 35.4 Å². The van der Waals surface area contributed by atoms with Crippen LogP contribution in [0.4, 0.5) is 8.78 Å². The Labute approximate surface area is 92.6 Å². The summed E-state index contributed by atoms with van der Waals surface area (Å²) in [6.07, 6.45) is 0. The minimum Gasteiger partial charge on any atom is -0.365 e. The van der Waals surface area contributed by atoms with Gasteiger partial charge in [-0.3, -0.25) is 4.79 Å². The highest BCUT2D eigenvalue weighted by Crippen LogP contribution is 2.14. The molecule has 0 saturated carbocycles. The first-order valence-corrected chi connectivity index (χ1v) is 5.01. The zero-order valence-corrected chi connectivity index (χ0v) is 9.21. The van der Waals surface area contributed by atoms with E-state index in [-0.39, 0.29) is 6.04 Å².